The van der Waals surface area contributed by atoms with Gasteiger partial charge in [0.1, 0.15) is 0 Å². The summed E-state index contributed by atoms with van der Waals surface area (Å²) in [6, 6.07) is 0. The lowest BCUT2D eigenvalue weighted by Crippen LogP contribution is -2.47. The molecule has 1 aromatic heterocycles. The number of aliphatic hydroxyl groups is 1. The molecular formula is C15H27N3OS. The Balaban J connectivity index is 2.00. The molecule has 0 bridgehead atoms. The predicted octanol–water partition coefficient (Wildman–Crippen LogP) is 2.54. The van der Waals surface area contributed by atoms with Gasteiger partial charge in [0.2, 0.25) is 0 Å². The Morgan fingerprint density at radius 1 is 1.15 bits per heavy atom. The zero-order chi connectivity index (χ0) is 14.7. The van der Waals surface area contributed by atoms with E-state index in [-0.39, 0.29) is 6.61 Å². The minimum absolute atomic E-state index is 0.110. The smallest absolute Gasteiger partial charge is 0.185 e. The van der Waals surface area contributed by atoms with Gasteiger partial charge in [-0.3, -0.25) is 4.90 Å². The Morgan fingerprint density at radius 2 is 1.80 bits per heavy atom. The summed E-state index contributed by atoms with van der Waals surface area (Å²) in [5.41, 5.74) is 1.07. The van der Waals surface area contributed by atoms with Crippen LogP contribution < -0.4 is 4.90 Å². The van der Waals surface area contributed by atoms with Gasteiger partial charge >= 0.3 is 0 Å². The summed E-state index contributed by atoms with van der Waals surface area (Å²) < 4.78 is 0. The first-order valence-corrected chi connectivity index (χ1v) is 8.40. The fourth-order valence-corrected chi connectivity index (χ4v) is 3.81. The van der Waals surface area contributed by atoms with E-state index in [0.717, 1.165) is 47.8 Å². The van der Waals surface area contributed by atoms with Crippen LogP contribution in [0.1, 0.15) is 44.2 Å². The van der Waals surface area contributed by atoms with Crippen LogP contribution in [0, 0.1) is 5.92 Å². The fraction of sp³-hybridized carbons (Fsp3) is 0.800. The SMILES string of the molecule is CC(C)CN1CCN(c2nc(C(C)C)c(CO)s2)CC1. The molecule has 20 heavy (non-hydrogen) atoms. The maximum absolute atomic E-state index is 9.46. The van der Waals surface area contributed by atoms with Crippen LogP contribution in [0.4, 0.5) is 5.13 Å². The van der Waals surface area contributed by atoms with Crippen molar-refractivity contribution in [3.8, 4) is 0 Å². The van der Waals surface area contributed by atoms with E-state index in [1.165, 1.54) is 6.54 Å². The van der Waals surface area contributed by atoms with Gasteiger partial charge in [0.05, 0.1) is 17.2 Å². The van der Waals surface area contributed by atoms with Gasteiger partial charge in [0.25, 0.3) is 0 Å². The second kappa shape index (κ2) is 6.87. The predicted molar refractivity (Wildman–Crippen MR) is 85.6 cm³/mol. The van der Waals surface area contributed by atoms with E-state index < -0.39 is 0 Å². The zero-order valence-corrected chi connectivity index (χ0v) is 13.9. The quantitative estimate of drug-likeness (QED) is 0.906. The van der Waals surface area contributed by atoms with Gasteiger partial charge in [-0.1, -0.05) is 39.0 Å². The van der Waals surface area contributed by atoms with Crippen LogP contribution >= 0.6 is 11.3 Å². The molecular weight excluding hydrogens is 270 g/mol. The lowest BCUT2D eigenvalue weighted by atomic mass is 10.1. The average molecular weight is 297 g/mol. The summed E-state index contributed by atoms with van der Waals surface area (Å²) in [4.78, 5) is 10.7. The molecule has 1 aromatic rings. The molecule has 1 aliphatic rings. The Kier molecular flexibility index (Phi) is 5.41. The van der Waals surface area contributed by atoms with Crippen molar-refractivity contribution in [1.29, 1.82) is 0 Å². The van der Waals surface area contributed by atoms with Gasteiger partial charge in [0.15, 0.2) is 5.13 Å². The van der Waals surface area contributed by atoms with Gasteiger partial charge in [-0.25, -0.2) is 4.98 Å². The van der Waals surface area contributed by atoms with E-state index >= 15 is 0 Å². The largest absolute Gasteiger partial charge is 0.391 e. The standard InChI is InChI=1S/C15H27N3OS/c1-11(2)9-17-5-7-18(8-6-17)15-16-14(12(3)4)13(10-19)20-15/h11-12,19H,5-10H2,1-4H3. The highest BCUT2D eigenvalue weighted by atomic mass is 32.1. The number of hydrogen-bond donors (Lipinski definition) is 1. The highest BCUT2D eigenvalue weighted by Crippen LogP contribution is 2.31. The van der Waals surface area contributed by atoms with Crippen LogP contribution in [-0.2, 0) is 6.61 Å². The van der Waals surface area contributed by atoms with Crippen LogP contribution in [0.3, 0.4) is 0 Å². The number of thiazole rings is 1. The molecule has 0 spiro atoms. The number of rotatable bonds is 5. The Bertz CT molecular complexity index is 423. The van der Waals surface area contributed by atoms with Crippen molar-refractivity contribution in [2.24, 2.45) is 5.92 Å². The van der Waals surface area contributed by atoms with Crippen LogP contribution in [0.25, 0.3) is 0 Å². The summed E-state index contributed by atoms with van der Waals surface area (Å²) in [6.45, 7) is 14.4. The first kappa shape index (κ1) is 15.7. The third kappa shape index (κ3) is 3.71. The van der Waals surface area contributed by atoms with Crippen molar-refractivity contribution in [3.05, 3.63) is 10.6 Å². The average Bonchev–Trinajstić information content (AvgIpc) is 2.83. The molecule has 1 fully saturated rings. The second-order valence-electron chi connectivity index (χ2n) is 6.30. The van der Waals surface area contributed by atoms with Gasteiger partial charge in [-0.15, -0.1) is 0 Å². The van der Waals surface area contributed by atoms with Crippen molar-refractivity contribution in [2.45, 2.75) is 40.2 Å². The molecule has 0 unspecified atom stereocenters. The van der Waals surface area contributed by atoms with Crippen LogP contribution in [0.2, 0.25) is 0 Å². The van der Waals surface area contributed by atoms with Crippen LogP contribution in [-0.4, -0.2) is 47.7 Å². The third-order valence-corrected chi connectivity index (χ3v) is 4.79. The molecule has 4 nitrogen and oxygen atoms in total. The van der Waals surface area contributed by atoms with Crippen molar-refractivity contribution >= 4 is 16.5 Å². The monoisotopic (exact) mass is 297 g/mol. The van der Waals surface area contributed by atoms with E-state index in [0.29, 0.717) is 5.92 Å². The molecule has 2 heterocycles. The molecule has 1 N–H and O–H groups in total. The molecule has 0 aromatic carbocycles. The maximum atomic E-state index is 9.46. The van der Waals surface area contributed by atoms with E-state index in [9.17, 15) is 5.11 Å². The van der Waals surface area contributed by atoms with Gasteiger partial charge in [-0.05, 0) is 11.8 Å². The molecule has 114 valence electrons. The summed E-state index contributed by atoms with van der Waals surface area (Å²) in [5, 5.41) is 10.5. The number of nitrogens with zero attached hydrogens (tertiary/aromatic N) is 3. The van der Waals surface area contributed by atoms with Crippen LogP contribution in [0.15, 0.2) is 0 Å². The molecule has 0 saturated carbocycles. The summed E-state index contributed by atoms with van der Waals surface area (Å²) in [5.74, 6) is 1.11. The molecule has 0 atom stereocenters. The highest BCUT2D eigenvalue weighted by molar-refractivity contribution is 7.15. The number of aromatic nitrogens is 1. The van der Waals surface area contributed by atoms with E-state index in [1.54, 1.807) is 11.3 Å². The zero-order valence-electron chi connectivity index (χ0n) is 13.1. The first-order chi connectivity index (χ1) is 9.51. The first-order valence-electron chi connectivity index (χ1n) is 7.59. The Hall–Kier alpha value is -0.650. The Morgan fingerprint density at radius 3 is 2.25 bits per heavy atom. The van der Waals surface area contributed by atoms with Crippen LogP contribution in [0.5, 0.6) is 0 Å². The number of aliphatic hydroxyl groups excluding tert-OH is 1. The van der Waals surface area contributed by atoms with E-state index in [2.05, 4.69) is 37.5 Å². The topological polar surface area (TPSA) is 39.6 Å². The van der Waals surface area contributed by atoms with Crippen molar-refractivity contribution < 1.29 is 5.11 Å². The molecule has 5 heteroatoms. The molecule has 1 aliphatic heterocycles. The molecule has 0 radical (unpaired) electrons. The lowest BCUT2D eigenvalue weighted by Gasteiger charge is -2.35. The molecule has 0 amide bonds. The number of hydrogen-bond acceptors (Lipinski definition) is 5. The summed E-state index contributed by atoms with van der Waals surface area (Å²) in [7, 11) is 0. The molecule has 0 aliphatic carbocycles. The summed E-state index contributed by atoms with van der Waals surface area (Å²) in [6.07, 6.45) is 0. The Labute approximate surface area is 126 Å². The van der Waals surface area contributed by atoms with E-state index in [4.69, 9.17) is 4.98 Å². The highest BCUT2D eigenvalue weighted by Gasteiger charge is 2.22. The summed E-state index contributed by atoms with van der Waals surface area (Å²) >= 11 is 1.66. The second-order valence-corrected chi connectivity index (χ2v) is 7.36. The number of piperazine rings is 1. The van der Waals surface area contributed by atoms with E-state index in [1.807, 2.05) is 0 Å². The lowest BCUT2D eigenvalue weighted by molar-refractivity contribution is 0.231. The normalized spacial score (nSPS) is 17.4. The van der Waals surface area contributed by atoms with Crippen molar-refractivity contribution in [3.63, 3.8) is 0 Å². The number of anilines is 1. The minimum atomic E-state index is 0.110. The van der Waals surface area contributed by atoms with Crippen molar-refractivity contribution in [1.82, 2.24) is 9.88 Å². The minimum Gasteiger partial charge on any atom is -0.391 e. The third-order valence-electron chi connectivity index (χ3n) is 3.67. The maximum Gasteiger partial charge on any atom is 0.185 e. The van der Waals surface area contributed by atoms with Gasteiger partial charge in [-0.2, -0.15) is 0 Å². The molecule has 2 rings (SSSR count). The fourth-order valence-electron chi connectivity index (χ4n) is 2.69. The van der Waals surface area contributed by atoms with Gasteiger partial charge in [0, 0.05) is 32.7 Å². The van der Waals surface area contributed by atoms with Crippen molar-refractivity contribution in [2.75, 3.05) is 37.6 Å². The van der Waals surface area contributed by atoms with Gasteiger partial charge < -0.3 is 10.0 Å². The molecule has 1 saturated heterocycles.